The maximum absolute atomic E-state index is 13.7. The number of nitrogens with zero attached hydrogens (tertiary/aromatic N) is 3. The second-order valence-corrected chi connectivity index (χ2v) is 4.53. The van der Waals surface area contributed by atoms with Gasteiger partial charge in [-0.2, -0.15) is 0 Å². The van der Waals surface area contributed by atoms with Crippen molar-refractivity contribution in [2.45, 2.75) is 0 Å². The number of aromatic carboxylic acids is 1. The molecule has 0 amide bonds. The quantitative estimate of drug-likeness (QED) is 0.807. The highest BCUT2D eigenvalue weighted by atomic mass is 19.1. The topological polar surface area (TPSA) is 68.0 Å². The van der Waals surface area contributed by atoms with E-state index in [4.69, 9.17) is 5.11 Å². The van der Waals surface area contributed by atoms with Gasteiger partial charge in [-0.15, -0.1) is 5.10 Å². The molecule has 1 N–H and O–H groups in total. The van der Waals surface area contributed by atoms with Gasteiger partial charge in [0.2, 0.25) is 0 Å². The monoisotopic (exact) mass is 301 g/mol. The van der Waals surface area contributed by atoms with E-state index in [-0.39, 0.29) is 16.8 Å². The maximum Gasteiger partial charge on any atom is 0.335 e. The van der Waals surface area contributed by atoms with Crippen molar-refractivity contribution in [3.8, 4) is 16.9 Å². The minimum Gasteiger partial charge on any atom is -0.478 e. The molecule has 0 spiro atoms. The molecule has 3 rings (SSSR count). The lowest BCUT2D eigenvalue weighted by molar-refractivity contribution is 0.0697. The molecule has 0 aliphatic carbocycles. The molecular formula is C15H9F2N3O2. The molecule has 7 heteroatoms. The molecule has 1 aromatic heterocycles. The van der Waals surface area contributed by atoms with Gasteiger partial charge in [-0.25, -0.2) is 18.3 Å². The number of benzene rings is 2. The van der Waals surface area contributed by atoms with Crippen molar-refractivity contribution in [3.63, 3.8) is 0 Å². The van der Waals surface area contributed by atoms with Crippen LogP contribution < -0.4 is 0 Å². The summed E-state index contributed by atoms with van der Waals surface area (Å²) in [6.07, 6.45) is 1.44. The first-order valence-corrected chi connectivity index (χ1v) is 6.26. The highest BCUT2D eigenvalue weighted by Crippen LogP contribution is 2.22. The lowest BCUT2D eigenvalue weighted by Gasteiger charge is -2.01. The third-order valence-electron chi connectivity index (χ3n) is 3.06. The van der Waals surface area contributed by atoms with Gasteiger partial charge in [0.05, 0.1) is 17.4 Å². The van der Waals surface area contributed by atoms with Gasteiger partial charge in [0, 0.05) is 11.6 Å². The minimum absolute atomic E-state index is 0.0995. The second kappa shape index (κ2) is 5.36. The van der Waals surface area contributed by atoms with E-state index in [1.807, 2.05) is 0 Å². The molecule has 0 saturated heterocycles. The van der Waals surface area contributed by atoms with E-state index in [0.717, 1.165) is 12.1 Å². The van der Waals surface area contributed by atoms with Crippen LogP contribution in [0.3, 0.4) is 0 Å². The van der Waals surface area contributed by atoms with Crippen molar-refractivity contribution in [2.24, 2.45) is 0 Å². The number of hydrogen-bond acceptors (Lipinski definition) is 3. The van der Waals surface area contributed by atoms with E-state index in [0.29, 0.717) is 5.69 Å². The highest BCUT2D eigenvalue weighted by molar-refractivity contribution is 5.88. The van der Waals surface area contributed by atoms with E-state index < -0.39 is 17.6 Å². The van der Waals surface area contributed by atoms with Gasteiger partial charge in [-0.3, -0.25) is 0 Å². The number of hydrogen-bond donors (Lipinski definition) is 1. The van der Waals surface area contributed by atoms with Crippen LogP contribution in [0.5, 0.6) is 0 Å². The van der Waals surface area contributed by atoms with Crippen LogP contribution in [-0.2, 0) is 0 Å². The summed E-state index contributed by atoms with van der Waals surface area (Å²) in [5.74, 6) is -2.49. The number of carbonyl (C=O) groups is 1. The first kappa shape index (κ1) is 13.9. The van der Waals surface area contributed by atoms with Crippen LogP contribution in [0.15, 0.2) is 48.7 Å². The van der Waals surface area contributed by atoms with Crippen molar-refractivity contribution < 1.29 is 18.7 Å². The van der Waals surface area contributed by atoms with Crippen molar-refractivity contribution >= 4 is 5.97 Å². The van der Waals surface area contributed by atoms with Gasteiger partial charge in [0.15, 0.2) is 0 Å². The van der Waals surface area contributed by atoms with Gasteiger partial charge < -0.3 is 5.11 Å². The predicted octanol–water partition coefficient (Wildman–Crippen LogP) is 2.91. The third kappa shape index (κ3) is 2.56. The molecule has 110 valence electrons. The van der Waals surface area contributed by atoms with Crippen molar-refractivity contribution in [3.05, 3.63) is 65.9 Å². The van der Waals surface area contributed by atoms with Crippen LogP contribution in [0.4, 0.5) is 8.78 Å². The first-order chi connectivity index (χ1) is 10.5. The van der Waals surface area contributed by atoms with Gasteiger partial charge in [0.25, 0.3) is 0 Å². The van der Waals surface area contributed by atoms with E-state index in [9.17, 15) is 13.6 Å². The Labute approximate surface area is 123 Å². The summed E-state index contributed by atoms with van der Waals surface area (Å²) in [6.45, 7) is 0. The van der Waals surface area contributed by atoms with Crippen molar-refractivity contribution in [1.82, 2.24) is 15.0 Å². The molecule has 0 atom stereocenters. The van der Waals surface area contributed by atoms with Crippen LogP contribution in [0.25, 0.3) is 16.9 Å². The lowest BCUT2D eigenvalue weighted by atomic mass is 10.1. The number of halogens is 2. The number of carboxylic acids is 1. The number of aromatic nitrogens is 3. The summed E-state index contributed by atoms with van der Waals surface area (Å²) in [7, 11) is 0. The molecule has 0 aliphatic rings. The molecule has 2 aromatic carbocycles. The Hall–Kier alpha value is -3.09. The predicted molar refractivity (Wildman–Crippen MR) is 73.7 cm³/mol. The van der Waals surface area contributed by atoms with E-state index in [1.165, 1.54) is 29.1 Å². The minimum atomic E-state index is -1.06. The fourth-order valence-corrected chi connectivity index (χ4v) is 1.99. The van der Waals surface area contributed by atoms with Gasteiger partial charge in [-0.1, -0.05) is 11.3 Å². The zero-order valence-corrected chi connectivity index (χ0v) is 11.1. The standard InChI is InChI=1S/C15H9F2N3O2/c16-10-4-5-12(13(17)7-10)14-8-20(19-18-14)11-3-1-2-9(6-11)15(21)22/h1-8H,(H,21,22). The Bertz CT molecular complexity index is 861. The van der Waals surface area contributed by atoms with E-state index in [2.05, 4.69) is 10.3 Å². The van der Waals surface area contributed by atoms with E-state index in [1.54, 1.807) is 12.1 Å². The molecule has 1 heterocycles. The van der Waals surface area contributed by atoms with Crippen LogP contribution in [0.2, 0.25) is 0 Å². The Morgan fingerprint density at radius 3 is 2.68 bits per heavy atom. The van der Waals surface area contributed by atoms with Gasteiger partial charge >= 0.3 is 5.97 Å². The smallest absolute Gasteiger partial charge is 0.335 e. The molecule has 0 fully saturated rings. The van der Waals surface area contributed by atoms with Gasteiger partial charge in [-0.05, 0) is 30.3 Å². The Balaban J connectivity index is 2.00. The highest BCUT2D eigenvalue weighted by Gasteiger charge is 2.12. The Morgan fingerprint density at radius 1 is 1.14 bits per heavy atom. The van der Waals surface area contributed by atoms with E-state index >= 15 is 0 Å². The molecule has 0 aliphatic heterocycles. The number of rotatable bonds is 3. The zero-order valence-electron chi connectivity index (χ0n) is 11.1. The molecule has 0 radical (unpaired) electrons. The molecule has 3 aromatic rings. The molecule has 0 bridgehead atoms. The third-order valence-corrected chi connectivity index (χ3v) is 3.06. The summed E-state index contributed by atoms with van der Waals surface area (Å²) in [5.41, 5.74) is 0.906. The summed E-state index contributed by atoms with van der Waals surface area (Å²) < 4.78 is 28.0. The Morgan fingerprint density at radius 2 is 1.95 bits per heavy atom. The summed E-state index contributed by atoms with van der Waals surface area (Å²) >= 11 is 0. The summed E-state index contributed by atoms with van der Waals surface area (Å²) in [6, 6.07) is 9.24. The average Bonchev–Trinajstić information content (AvgIpc) is 2.97. The molecule has 0 unspecified atom stereocenters. The largest absolute Gasteiger partial charge is 0.478 e. The Kier molecular flexibility index (Phi) is 3.38. The van der Waals surface area contributed by atoms with Crippen LogP contribution in [0.1, 0.15) is 10.4 Å². The maximum atomic E-state index is 13.7. The summed E-state index contributed by atoms with van der Waals surface area (Å²) in [5, 5.41) is 16.6. The van der Waals surface area contributed by atoms with Crippen molar-refractivity contribution in [2.75, 3.05) is 0 Å². The fraction of sp³-hybridized carbons (Fsp3) is 0. The zero-order chi connectivity index (χ0) is 15.7. The number of carboxylic acid groups (broad SMARTS) is 1. The molecule has 5 nitrogen and oxygen atoms in total. The van der Waals surface area contributed by atoms with Crippen LogP contribution in [0, 0.1) is 11.6 Å². The average molecular weight is 301 g/mol. The second-order valence-electron chi connectivity index (χ2n) is 4.53. The van der Waals surface area contributed by atoms with Gasteiger partial charge in [0.1, 0.15) is 17.3 Å². The molecule has 0 saturated carbocycles. The summed E-state index contributed by atoms with van der Waals surface area (Å²) in [4.78, 5) is 11.0. The lowest BCUT2D eigenvalue weighted by Crippen LogP contribution is -2.00. The van der Waals surface area contributed by atoms with Crippen LogP contribution in [-0.4, -0.2) is 26.1 Å². The SMILES string of the molecule is O=C(O)c1cccc(-n2cc(-c3ccc(F)cc3F)nn2)c1. The first-order valence-electron chi connectivity index (χ1n) is 6.26. The van der Waals surface area contributed by atoms with Crippen LogP contribution >= 0.6 is 0 Å². The fourth-order valence-electron chi connectivity index (χ4n) is 1.99. The normalized spacial score (nSPS) is 10.6. The molecular weight excluding hydrogens is 292 g/mol. The van der Waals surface area contributed by atoms with Crippen molar-refractivity contribution in [1.29, 1.82) is 0 Å². The molecule has 22 heavy (non-hydrogen) atoms.